The molecular weight excluding hydrogens is 362 g/mol. The molecule has 0 bridgehead atoms. The van der Waals surface area contributed by atoms with E-state index in [0.29, 0.717) is 35.9 Å². The van der Waals surface area contributed by atoms with Gasteiger partial charge in [0, 0.05) is 11.8 Å². The van der Waals surface area contributed by atoms with E-state index < -0.39 is 0 Å². The molecule has 2 aromatic carbocycles. The van der Waals surface area contributed by atoms with Crippen LogP contribution in [0.2, 0.25) is 0 Å². The van der Waals surface area contributed by atoms with E-state index in [1.165, 1.54) is 0 Å². The molecular formula is C20H17N3O5. The number of ether oxygens (including phenoxy) is 4. The molecule has 2 aliphatic heterocycles. The number of para-hydroxylation sites is 2. The summed E-state index contributed by atoms with van der Waals surface area (Å²) < 4.78 is 23.9. The molecule has 142 valence electrons. The van der Waals surface area contributed by atoms with Crippen LogP contribution in [0.25, 0.3) is 0 Å². The lowest BCUT2D eigenvalue weighted by Crippen LogP contribution is -2.33. The van der Waals surface area contributed by atoms with Gasteiger partial charge in [-0.3, -0.25) is 9.48 Å². The number of carbonyl (C=O) groups is 1. The Hall–Kier alpha value is -3.68. The zero-order chi connectivity index (χ0) is 18.9. The Bertz CT molecular complexity index is 1030. The number of carbonyl (C=O) groups excluding carboxylic acids is 1. The van der Waals surface area contributed by atoms with Crippen molar-refractivity contribution in [3.8, 4) is 23.0 Å². The summed E-state index contributed by atoms with van der Waals surface area (Å²) in [4.78, 5) is 12.5. The second-order valence-electron chi connectivity index (χ2n) is 6.47. The molecule has 1 aromatic heterocycles. The summed E-state index contributed by atoms with van der Waals surface area (Å²) in [6.45, 7) is 1.12. The average Bonchev–Trinajstić information content (AvgIpc) is 3.36. The smallest absolute Gasteiger partial charge is 0.255 e. The van der Waals surface area contributed by atoms with E-state index in [0.717, 1.165) is 11.5 Å². The highest BCUT2D eigenvalue weighted by Gasteiger charge is 2.21. The molecule has 1 unspecified atom stereocenters. The molecule has 1 N–H and O–H groups in total. The van der Waals surface area contributed by atoms with Crippen LogP contribution in [0.5, 0.6) is 23.0 Å². The Morgan fingerprint density at radius 2 is 1.89 bits per heavy atom. The summed E-state index contributed by atoms with van der Waals surface area (Å²) in [5.41, 5.74) is 1.08. The number of hydrogen-bond acceptors (Lipinski definition) is 6. The molecule has 0 spiro atoms. The normalized spacial score (nSPS) is 16.6. The van der Waals surface area contributed by atoms with E-state index in [4.69, 9.17) is 18.9 Å². The summed E-state index contributed by atoms with van der Waals surface area (Å²) in [6.07, 6.45) is 3.20. The maximum atomic E-state index is 12.5. The Kier molecular flexibility index (Phi) is 4.01. The third kappa shape index (κ3) is 3.20. The van der Waals surface area contributed by atoms with Crippen LogP contribution < -0.4 is 24.3 Å². The van der Waals surface area contributed by atoms with Crippen molar-refractivity contribution in [3.63, 3.8) is 0 Å². The molecule has 8 heteroatoms. The first-order valence-electron chi connectivity index (χ1n) is 8.86. The number of amides is 1. The van der Waals surface area contributed by atoms with Crippen LogP contribution in [0.3, 0.4) is 0 Å². The third-order valence-electron chi connectivity index (χ3n) is 4.48. The third-order valence-corrected chi connectivity index (χ3v) is 4.48. The van der Waals surface area contributed by atoms with Gasteiger partial charge in [-0.1, -0.05) is 12.1 Å². The maximum Gasteiger partial charge on any atom is 0.255 e. The first-order valence-corrected chi connectivity index (χ1v) is 8.86. The van der Waals surface area contributed by atoms with Crippen LogP contribution in [0.4, 0.5) is 5.69 Å². The quantitative estimate of drug-likeness (QED) is 0.750. The predicted molar refractivity (Wildman–Crippen MR) is 99.1 cm³/mol. The molecule has 5 rings (SSSR count). The van der Waals surface area contributed by atoms with Crippen molar-refractivity contribution in [2.75, 3.05) is 18.7 Å². The van der Waals surface area contributed by atoms with Crippen molar-refractivity contribution in [1.82, 2.24) is 9.78 Å². The van der Waals surface area contributed by atoms with E-state index in [1.807, 2.05) is 24.3 Å². The van der Waals surface area contributed by atoms with Crippen molar-refractivity contribution in [2.24, 2.45) is 0 Å². The molecule has 0 fully saturated rings. The number of aromatic nitrogens is 2. The van der Waals surface area contributed by atoms with E-state index in [-0.39, 0.29) is 18.8 Å². The molecule has 28 heavy (non-hydrogen) atoms. The fraction of sp³-hybridized carbons (Fsp3) is 0.200. The summed E-state index contributed by atoms with van der Waals surface area (Å²) in [7, 11) is 0. The molecule has 3 heterocycles. The van der Waals surface area contributed by atoms with Crippen LogP contribution in [-0.2, 0) is 6.54 Å². The van der Waals surface area contributed by atoms with E-state index in [2.05, 4.69) is 10.4 Å². The van der Waals surface area contributed by atoms with Gasteiger partial charge < -0.3 is 24.3 Å². The molecule has 8 nitrogen and oxygen atoms in total. The molecule has 1 amide bonds. The van der Waals surface area contributed by atoms with Crippen molar-refractivity contribution in [1.29, 1.82) is 0 Å². The molecule has 0 saturated heterocycles. The van der Waals surface area contributed by atoms with Crippen LogP contribution in [0.1, 0.15) is 10.4 Å². The zero-order valence-corrected chi connectivity index (χ0v) is 14.8. The monoisotopic (exact) mass is 379 g/mol. The lowest BCUT2D eigenvalue weighted by atomic mass is 10.2. The summed E-state index contributed by atoms with van der Waals surface area (Å²) in [5.74, 6) is 2.43. The van der Waals surface area contributed by atoms with Gasteiger partial charge in [0.15, 0.2) is 29.1 Å². The molecule has 0 radical (unpaired) electrons. The topological polar surface area (TPSA) is 83.8 Å². The van der Waals surface area contributed by atoms with E-state index >= 15 is 0 Å². The number of rotatable bonds is 4. The number of anilines is 1. The minimum Gasteiger partial charge on any atom is -0.486 e. The van der Waals surface area contributed by atoms with Gasteiger partial charge in [0.05, 0.1) is 18.4 Å². The highest BCUT2D eigenvalue weighted by atomic mass is 16.7. The largest absolute Gasteiger partial charge is 0.486 e. The van der Waals surface area contributed by atoms with Crippen LogP contribution in [0.15, 0.2) is 54.9 Å². The van der Waals surface area contributed by atoms with Crippen molar-refractivity contribution in [2.45, 2.75) is 12.6 Å². The minimum absolute atomic E-state index is 0.160. The van der Waals surface area contributed by atoms with Gasteiger partial charge in [-0.25, -0.2) is 0 Å². The SMILES string of the molecule is O=C(Nc1cnn(CC2COc3ccccc3O2)c1)c1ccc2c(c1)OCO2. The second kappa shape index (κ2) is 6.80. The highest BCUT2D eigenvalue weighted by molar-refractivity contribution is 6.04. The molecule has 0 saturated carbocycles. The molecule has 0 aliphatic carbocycles. The van der Waals surface area contributed by atoms with Crippen LogP contribution in [-0.4, -0.2) is 35.2 Å². The summed E-state index contributed by atoms with van der Waals surface area (Å²) in [6, 6.07) is 12.6. The molecule has 2 aliphatic rings. The predicted octanol–water partition coefficient (Wildman–Crippen LogP) is 2.70. The van der Waals surface area contributed by atoms with Gasteiger partial charge in [0.2, 0.25) is 6.79 Å². The fourth-order valence-corrected chi connectivity index (χ4v) is 3.13. The first kappa shape index (κ1) is 16.5. The second-order valence-corrected chi connectivity index (χ2v) is 6.47. The van der Waals surface area contributed by atoms with Gasteiger partial charge in [-0.05, 0) is 30.3 Å². The molecule has 3 aromatic rings. The number of hydrogen-bond donors (Lipinski definition) is 1. The lowest BCUT2D eigenvalue weighted by Gasteiger charge is -2.26. The van der Waals surface area contributed by atoms with Crippen LogP contribution >= 0.6 is 0 Å². The fourth-order valence-electron chi connectivity index (χ4n) is 3.13. The van der Waals surface area contributed by atoms with Gasteiger partial charge >= 0.3 is 0 Å². The minimum atomic E-state index is -0.246. The maximum absolute atomic E-state index is 12.5. The Balaban J connectivity index is 1.22. The Morgan fingerprint density at radius 1 is 1.07 bits per heavy atom. The average molecular weight is 379 g/mol. The number of nitrogens with zero attached hydrogens (tertiary/aromatic N) is 2. The van der Waals surface area contributed by atoms with Gasteiger partial charge in [0.1, 0.15) is 6.61 Å². The van der Waals surface area contributed by atoms with Gasteiger partial charge in [0.25, 0.3) is 5.91 Å². The van der Waals surface area contributed by atoms with Gasteiger partial charge in [-0.2, -0.15) is 5.10 Å². The van der Waals surface area contributed by atoms with Crippen molar-refractivity contribution >= 4 is 11.6 Å². The number of benzene rings is 2. The Labute approximate surface area is 160 Å². The molecule has 1 atom stereocenters. The summed E-state index contributed by atoms with van der Waals surface area (Å²) in [5, 5.41) is 7.12. The van der Waals surface area contributed by atoms with E-state index in [9.17, 15) is 4.79 Å². The lowest BCUT2D eigenvalue weighted by molar-refractivity contribution is 0.0759. The van der Waals surface area contributed by atoms with Gasteiger partial charge in [-0.15, -0.1) is 0 Å². The van der Waals surface area contributed by atoms with E-state index in [1.54, 1.807) is 35.3 Å². The first-order chi connectivity index (χ1) is 13.7. The van der Waals surface area contributed by atoms with Crippen molar-refractivity contribution < 1.29 is 23.7 Å². The Morgan fingerprint density at radius 3 is 2.82 bits per heavy atom. The highest BCUT2D eigenvalue weighted by Crippen LogP contribution is 2.33. The standard InChI is InChI=1S/C20H17N3O5/c24-20(13-5-6-17-19(7-13)27-12-26-17)22-14-8-21-23(9-14)10-15-11-25-16-3-1-2-4-18(16)28-15/h1-9,15H,10-12H2,(H,22,24). The number of nitrogens with one attached hydrogen (secondary N) is 1. The van der Waals surface area contributed by atoms with Crippen molar-refractivity contribution in [3.05, 3.63) is 60.4 Å². The zero-order valence-electron chi connectivity index (χ0n) is 14.8. The van der Waals surface area contributed by atoms with Crippen LogP contribution in [0, 0.1) is 0 Å². The summed E-state index contributed by atoms with van der Waals surface area (Å²) >= 11 is 0. The number of fused-ring (bicyclic) bond motifs is 2.